The third-order valence-corrected chi connectivity index (χ3v) is 2.33. The second kappa shape index (κ2) is 4.52. The van der Waals surface area contributed by atoms with Crippen molar-refractivity contribution in [2.45, 2.75) is 6.55 Å². The van der Waals surface area contributed by atoms with Gasteiger partial charge in [0.05, 0.1) is 11.8 Å². The molecule has 0 spiro atoms. The zero-order chi connectivity index (χ0) is 13.3. The summed E-state index contributed by atoms with van der Waals surface area (Å²) in [6.45, 7) is -2.83. The van der Waals surface area contributed by atoms with E-state index < -0.39 is 18.3 Å². The fourth-order valence-corrected chi connectivity index (χ4v) is 1.46. The maximum absolute atomic E-state index is 13.5. The number of aromatic nitrogens is 2. The summed E-state index contributed by atoms with van der Waals surface area (Å²) in [6, 6.07) is 3.14. The Labute approximate surface area is 99.3 Å². The minimum absolute atomic E-state index is 0.0817. The fraction of sp³-hybridized carbons (Fsp3) is 0.0909. The van der Waals surface area contributed by atoms with Crippen LogP contribution in [0.1, 0.15) is 16.9 Å². The van der Waals surface area contributed by atoms with Gasteiger partial charge in [0.15, 0.2) is 0 Å². The molecule has 0 unspecified atom stereocenters. The van der Waals surface area contributed by atoms with Gasteiger partial charge in [0.25, 0.3) is 0 Å². The predicted molar refractivity (Wildman–Crippen MR) is 55.8 cm³/mol. The molecule has 0 bridgehead atoms. The lowest BCUT2D eigenvalue weighted by atomic mass is 10.1. The van der Waals surface area contributed by atoms with Crippen molar-refractivity contribution in [3.63, 3.8) is 0 Å². The van der Waals surface area contributed by atoms with E-state index in [-0.39, 0.29) is 16.7 Å². The zero-order valence-electron chi connectivity index (χ0n) is 8.85. The van der Waals surface area contributed by atoms with Gasteiger partial charge in [-0.15, -0.1) is 0 Å². The molecular weight excluding hydrogens is 249 g/mol. The highest BCUT2D eigenvalue weighted by Gasteiger charge is 2.14. The molecule has 7 heteroatoms. The lowest BCUT2D eigenvalue weighted by Crippen LogP contribution is -1.98. The normalized spacial score (nSPS) is 10.9. The van der Waals surface area contributed by atoms with Crippen molar-refractivity contribution >= 4 is 5.97 Å². The Bertz CT molecular complexity index is 596. The summed E-state index contributed by atoms with van der Waals surface area (Å²) in [5, 5.41) is 12.1. The van der Waals surface area contributed by atoms with Gasteiger partial charge in [0.2, 0.25) is 0 Å². The van der Waals surface area contributed by atoms with E-state index in [1.54, 1.807) is 0 Å². The highest BCUT2D eigenvalue weighted by Crippen LogP contribution is 2.25. The first kappa shape index (κ1) is 12.2. The maximum atomic E-state index is 13.5. The van der Waals surface area contributed by atoms with Crippen molar-refractivity contribution in [2.24, 2.45) is 0 Å². The molecule has 2 aromatic rings. The molecule has 18 heavy (non-hydrogen) atoms. The van der Waals surface area contributed by atoms with Gasteiger partial charge in [-0.3, -0.25) is 0 Å². The molecule has 1 N–H and O–H groups in total. The number of hydrogen-bond donors (Lipinski definition) is 1. The maximum Gasteiger partial charge on any atom is 0.335 e. The number of carboxylic acid groups (broad SMARTS) is 1. The highest BCUT2D eigenvalue weighted by atomic mass is 19.3. The monoisotopic (exact) mass is 256 g/mol. The molecule has 0 radical (unpaired) electrons. The number of carboxylic acids is 1. The fourth-order valence-electron chi connectivity index (χ4n) is 1.46. The number of alkyl halides is 2. The Balaban J connectivity index is 2.48. The first-order valence-corrected chi connectivity index (χ1v) is 4.84. The highest BCUT2D eigenvalue weighted by molar-refractivity contribution is 5.89. The lowest BCUT2D eigenvalue weighted by molar-refractivity contribution is 0.0566. The van der Waals surface area contributed by atoms with E-state index in [1.165, 1.54) is 0 Å². The van der Waals surface area contributed by atoms with Crippen LogP contribution >= 0.6 is 0 Å². The molecule has 0 saturated heterocycles. The van der Waals surface area contributed by atoms with E-state index in [0.29, 0.717) is 4.68 Å². The van der Waals surface area contributed by atoms with Crippen molar-refractivity contribution < 1.29 is 23.1 Å². The average molecular weight is 256 g/mol. The first-order chi connectivity index (χ1) is 8.49. The third kappa shape index (κ3) is 2.20. The van der Waals surface area contributed by atoms with E-state index in [2.05, 4.69) is 5.10 Å². The van der Waals surface area contributed by atoms with Gasteiger partial charge < -0.3 is 5.11 Å². The number of rotatable bonds is 3. The van der Waals surface area contributed by atoms with E-state index in [1.807, 2.05) is 0 Å². The van der Waals surface area contributed by atoms with Crippen molar-refractivity contribution in [1.82, 2.24) is 9.78 Å². The number of benzene rings is 1. The predicted octanol–water partition coefficient (Wildman–Crippen LogP) is 2.78. The summed E-state index contributed by atoms with van der Waals surface area (Å²) in [7, 11) is 0. The van der Waals surface area contributed by atoms with Crippen molar-refractivity contribution in [3.8, 4) is 11.1 Å². The quantitative estimate of drug-likeness (QED) is 0.918. The van der Waals surface area contributed by atoms with E-state index in [9.17, 15) is 18.0 Å². The van der Waals surface area contributed by atoms with E-state index in [0.717, 1.165) is 30.6 Å². The number of halogens is 3. The Morgan fingerprint density at radius 1 is 1.39 bits per heavy atom. The molecule has 0 aliphatic heterocycles. The summed E-state index contributed by atoms with van der Waals surface area (Å²) in [6.07, 6.45) is 2.00. The molecule has 0 fully saturated rings. The third-order valence-electron chi connectivity index (χ3n) is 2.33. The van der Waals surface area contributed by atoms with Gasteiger partial charge in [-0.25, -0.2) is 13.9 Å². The summed E-state index contributed by atoms with van der Waals surface area (Å²) in [5.41, 5.74) is -0.117. The smallest absolute Gasteiger partial charge is 0.335 e. The summed E-state index contributed by atoms with van der Waals surface area (Å²) < 4.78 is 38.5. The molecule has 0 amide bonds. The van der Waals surface area contributed by atoms with Crippen molar-refractivity contribution in [2.75, 3.05) is 0 Å². The van der Waals surface area contributed by atoms with Crippen LogP contribution in [-0.4, -0.2) is 20.9 Å². The molecule has 1 aromatic heterocycles. The Kier molecular flexibility index (Phi) is 3.05. The molecule has 94 valence electrons. The van der Waals surface area contributed by atoms with Gasteiger partial charge >= 0.3 is 12.5 Å². The second-order valence-corrected chi connectivity index (χ2v) is 3.49. The number of carbonyl (C=O) groups is 1. The van der Waals surface area contributed by atoms with E-state index >= 15 is 0 Å². The minimum atomic E-state index is -2.83. The van der Waals surface area contributed by atoms with Gasteiger partial charge in [-0.05, 0) is 18.2 Å². The average Bonchev–Trinajstić information content (AvgIpc) is 2.78. The van der Waals surface area contributed by atoms with Crippen LogP contribution in [0.15, 0.2) is 30.6 Å². The van der Waals surface area contributed by atoms with Gasteiger partial charge in [-0.2, -0.15) is 13.9 Å². The molecular formula is C11H7F3N2O2. The van der Waals surface area contributed by atoms with Crippen LogP contribution in [0.2, 0.25) is 0 Å². The summed E-state index contributed by atoms with van der Waals surface area (Å²) >= 11 is 0. The lowest BCUT2D eigenvalue weighted by Gasteiger charge is -2.02. The Morgan fingerprint density at radius 3 is 2.67 bits per heavy atom. The zero-order valence-corrected chi connectivity index (χ0v) is 8.85. The first-order valence-electron chi connectivity index (χ1n) is 4.84. The Hall–Kier alpha value is -2.31. The van der Waals surface area contributed by atoms with Crippen molar-refractivity contribution in [3.05, 3.63) is 42.0 Å². The molecule has 1 aromatic carbocycles. The second-order valence-electron chi connectivity index (χ2n) is 3.49. The van der Waals surface area contributed by atoms with Gasteiger partial charge in [0, 0.05) is 17.3 Å². The van der Waals surface area contributed by atoms with Crippen LogP contribution < -0.4 is 0 Å². The molecule has 1 heterocycles. The van der Waals surface area contributed by atoms with Crippen LogP contribution in [0.3, 0.4) is 0 Å². The minimum Gasteiger partial charge on any atom is -0.478 e. The summed E-state index contributed by atoms with van der Waals surface area (Å²) in [5.74, 6) is -1.92. The van der Waals surface area contributed by atoms with Gasteiger partial charge in [-0.1, -0.05) is 0 Å². The standard InChI is InChI=1S/C11H7F3N2O2/c12-9-2-1-6(10(17)18)3-8(9)7-4-15-16(5-7)11(13)14/h1-5,11H,(H,17,18). The molecule has 0 aliphatic carbocycles. The van der Waals surface area contributed by atoms with Gasteiger partial charge in [0.1, 0.15) is 5.82 Å². The van der Waals surface area contributed by atoms with Crippen LogP contribution in [0.25, 0.3) is 11.1 Å². The largest absolute Gasteiger partial charge is 0.478 e. The molecule has 2 rings (SSSR count). The van der Waals surface area contributed by atoms with Crippen LogP contribution in [0.4, 0.5) is 13.2 Å². The van der Waals surface area contributed by atoms with E-state index in [4.69, 9.17) is 5.11 Å². The van der Waals surface area contributed by atoms with Crippen LogP contribution in [-0.2, 0) is 0 Å². The SMILES string of the molecule is O=C(O)c1ccc(F)c(-c2cnn(C(F)F)c2)c1. The molecule has 0 saturated carbocycles. The van der Waals surface area contributed by atoms with Crippen molar-refractivity contribution in [1.29, 1.82) is 0 Å². The van der Waals surface area contributed by atoms with Crippen LogP contribution in [0, 0.1) is 5.82 Å². The molecule has 0 atom stereocenters. The number of hydrogen-bond acceptors (Lipinski definition) is 2. The molecule has 4 nitrogen and oxygen atoms in total. The molecule has 0 aliphatic rings. The topological polar surface area (TPSA) is 55.1 Å². The number of aromatic carboxylic acids is 1. The van der Waals surface area contributed by atoms with Crippen LogP contribution in [0.5, 0.6) is 0 Å². The Morgan fingerprint density at radius 2 is 2.11 bits per heavy atom. The number of nitrogens with zero attached hydrogens (tertiary/aromatic N) is 2. The summed E-state index contributed by atoms with van der Waals surface area (Å²) in [4.78, 5) is 10.7.